The Balaban J connectivity index is 1.57. The van der Waals surface area contributed by atoms with E-state index in [2.05, 4.69) is 83.2 Å². The van der Waals surface area contributed by atoms with Gasteiger partial charge < -0.3 is 5.11 Å². The molecule has 0 aromatic heterocycles. The normalized spacial score (nSPS) is 28.8. The number of benzene rings is 2. The van der Waals surface area contributed by atoms with Gasteiger partial charge >= 0.3 is 5.97 Å². The second-order valence-electron chi connectivity index (χ2n) is 12.1. The quantitative estimate of drug-likeness (QED) is 0.398. The minimum Gasteiger partial charge on any atom is -0.478 e. The lowest BCUT2D eigenvalue weighted by Gasteiger charge is -2.43. The standard InChI is InChI=1S/C31H36O2/c1-20(17-27(32)33)22-8-10-23(11-9-22)30-12-7-13-31(30,19-30)24-18-26-25(16-21(24)2)28(3,4)14-15-29(26,5)6/h7-12,16-18H,13-15,19H2,1-6H3,(H,32,33). The summed E-state index contributed by atoms with van der Waals surface area (Å²) in [6, 6.07) is 13.7. The Morgan fingerprint density at radius 2 is 1.55 bits per heavy atom. The number of aryl methyl sites for hydroxylation is 1. The molecule has 0 aliphatic heterocycles. The molecule has 0 amide bonds. The molecule has 2 atom stereocenters. The fraction of sp³-hybridized carbons (Fsp3) is 0.452. The molecule has 2 aromatic carbocycles. The Morgan fingerprint density at radius 1 is 0.939 bits per heavy atom. The first kappa shape index (κ1) is 22.2. The van der Waals surface area contributed by atoms with Crippen LogP contribution in [-0.4, -0.2) is 11.1 Å². The van der Waals surface area contributed by atoms with Crippen molar-refractivity contribution >= 4 is 11.5 Å². The summed E-state index contributed by atoms with van der Waals surface area (Å²) < 4.78 is 0. The van der Waals surface area contributed by atoms with Gasteiger partial charge in [-0.15, -0.1) is 0 Å². The highest BCUT2D eigenvalue weighted by molar-refractivity contribution is 5.89. The van der Waals surface area contributed by atoms with E-state index >= 15 is 0 Å². The third-order valence-corrected chi connectivity index (χ3v) is 9.09. The van der Waals surface area contributed by atoms with Crippen molar-refractivity contribution in [3.63, 3.8) is 0 Å². The number of hydrogen-bond donors (Lipinski definition) is 1. The molecule has 2 heteroatoms. The van der Waals surface area contributed by atoms with Crippen molar-refractivity contribution in [3.8, 4) is 0 Å². The largest absolute Gasteiger partial charge is 0.478 e. The van der Waals surface area contributed by atoms with Crippen LogP contribution in [-0.2, 0) is 26.5 Å². The minimum atomic E-state index is -0.899. The van der Waals surface area contributed by atoms with Crippen molar-refractivity contribution in [3.05, 3.63) is 88.0 Å². The first-order valence-corrected chi connectivity index (χ1v) is 12.3. The number of carboxylic acid groups (broad SMARTS) is 1. The lowest BCUT2D eigenvalue weighted by molar-refractivity contribution is -0.131. The number of rotatable bonds is 4. The van der Waals surface area contributed by atoms with E-state index in [1.807, 2.05) is 6.92 Å². The third-order valence-electron chi connectivity index (χ3n) is 9.09. The van der Waals surface area contributed by atoms with Gasteiger partial charge in [0.1, 0.15) is 0 Å². The van der Waals surface area contributed by atoms with Gasteiger partial charge in [0.05, 0.1) is 0 Å². The van der Waals surface area contributed by atoms with Crippen molar-refractivity contribution < 1.29 is 9.90 Å². The molecule has 1 N–H and O–H groups in total. The van der Waals surface area contributed by atoms with Gasteiger partial charge in [0.25, 0.3) is 0 Å². The Hall–Kier alpha value is -2.61. The summed E-state index contributed by atoms with van der Waals surface area (Å²) in [4.78, 5) is 11.1. The fourth-order valence-corrected chi connectivity index (χ4v) is 6.82. The maximum atomic E-state index is 11.1. The molecule has 1 fully saturated rings. The van der Waals surface area contributed by atoms with Crippen LogP contribution in [0.15, 0.2) is 54.6 Å². The van der Waals surface area contributed by atoms with Crippen LogP contribution < -0.4 is 0 Å². The van der Waals surface area contributed by atoms with Crippen LogP contribution in [0.3, 0.4) is 0 Å². The van der Waals surface area contributed by atoms with Gasteiger partial charge in [-0.3, -0.25) is 0 Å². The van der Waals surface area contributed by atoms with Gasteiger partial charge in [-0.25, -0.2) is 4.79 Å². The van der Waals surface area contributed by atoms with Gasteiger partial charge in [0, 0.05) is 16.9 Å². The van der Waals surface area contributed by atoms with E-state index in [1.54, 1.807) is 11.1 Å². The second-order valence-corrected chi connectivity index (χ2v) is 12.1. The molecule has 0 bridgehead atoms. The SMILES string of the molecule is CC(=CC(=O)O)c1ccc(C23C=CCC2(c2cc4c(cc2C)C(C)(C)CCC4(C)C)C3)cc1. The summed E-state index contributed by atoms with van der Waals surface area (Å²) in [5.41, 5.74) is 9.81. The van der Waals surface area contributed by atoms with E-state index in [1.165, 1.54) is 35.6 Å². The number of carboxylic acids is 1. The smallest absolute Gasteiger partial charge is 0.328 e. The molecule has 0 spiro atoms. The summed E-state index contributed by atoms with van der Waals surface area (Å²) >= 11 is 0. The molecule has 0 radical (unpaired) electrons. The summed E-state index contributed by atoms with van der Waals surface area (Å²) in [7, 11) is 0. The molecule has 33 heavy (non-hydrogen) atoms. The predicted molar refractivity (Wildman–Crippen MR) is 136 cm³/mol. The van der Waals surface area contributed by atoms with Gasteiger partial charge in [0.15, 0.2) is 0 Å². The third kappa shape index (κ3) is 3.17. The molecule has 172 valence electrons. The van der Waals surface area contributed by atoms with E-state index in [-0.39, 0.29) is 21.7 Å². The maximum Gasteiger partial charge on any atom is 0.328 e. The number of hydrogen-bond acceptors (Lipinski definition) is 1. The molecule has 2 unspecified atom stereocenters. The van der Waals surface area contributed by atoms with Crippen molar-refractivity contribution in [2.24, 2.45) is 0 Å². The van der Waals surface area contributed by atoms with Crippen molar-refractivity contribution in [1.29, 1.82) is 0 Å². The molecule has 3 aliphatic carbocycles. The van der Waals surface area contributed by atoms with E-state index in [4.69, 9.17) is 5.11 Å². The molecular formula is C31H36O2. The van der Waals surface area contributed by atoms with Gasteiger partial charge in [-0.2, -0.15) is 0 Å². The van der Waals surface area contributed by atoms with Crippen molar-refractivity contribution in [2.75, 3.05) is 0 Å². The van der Waals surface area contributed by atoms with Crippen LogP contribution in [0.4, 0.5) is 0 Å². The number of carbonyl (C=O) groups is 1. The van der Waals surface area contributed by atoms with Crippen molar-refractivity contribution in [2.45, 2.75) is 88.9 Å². The van der Waals surface area contributed by atoms with Crippen molar-refractivity contribution in [1.82, 2.24) is 0 Å². The second kappa shape index (κ2) is 6.95. The average molecular weight is 441 g/mol. The van der Waals surface area contributed by atoms with Gasteiger partial charge in [0.2, 0.25) is 0 Å². The highest BCUT2D eigenvalue weighted by Crippen LogP contribution is 2.72. The Labute approximate surface area is 198 Å². The Kier molecular flexibility index (Phi) is 4.67. The highest BCUT2D eigenvalue weighted by Gasteiger charge is 2.69. The summed E-state index contributed by atoms with van der Waals surface area (Å²) in [6.07, 6.45) is 10.8. The van der Waals surface area contributed by atoms with E-state index in [9.17, 15) is 4.79 Å². The summed E-state index contributed by atoms with van der Waals surface area (Å²) in [6.45, 7) is 13.8. The first-order chi connectivity index (χ1) is 15.4. The zero-order valence-corrected chi connectivity index (χ0v) is 20.9. The maximum absolute atomic E-state index is 11.1. The molecule has 2 aromatic rings. The topological polar surface area (TPSA) is 37.3 Å². The molecule has 2 nitrogen and oxygen atoms in total. The predicted octanol–water partition coefficient (Wildman–Crippen LogP) is 7.37. The molecule has 0 saturated heterocycles. The lowest BCUT2D eigenvalue weighted by Crippen LogP contribution is -2.34. The molecular weight excluding hydrogens is 404 g/mol. The van der Waals surface area contributed by atoms with E-state index in [0.717, 1.165) is 24.0 Å². The van der Waals surface area contributed by atoms with E-state index < -0.39 is 5.97 Å². The Morgan fingerprint density at radius 3 is 2.15 bits per heavy atom. The minimum absolute atomic E-state index is 0.0588. The van der Waals surface area contributed by atoms with Crippen LogP contribution in [0.25, 0.3) is 5.57 Å². The summed E-state index contributed by atoms with van der Waals surface area (Å²) in [5, 5.41) is 9.07. The summed E-state index contributed by atoms with van der Waals surface area (Å²) in [5.74, 6) is -0.899. The monoisotopic (exact) mass is 440 g/mol. The molecule has 5 rings (SSSR count). The van der Waals surface area contributed by atoms with Crippen LogP contribution in [0.2, 0.25) is 0 Å². The fourth-order valence-electron chi connectivity index (χ4n) is 6.82. The van der Waals surface area contributed by atoms with Gasteiger partial charge in [-0.05, 0) is 89.3 Å². The van der Waals surface area contributed by atoms with Crippen LogP contribution >= 0.6 is 0 Å². The van der Waals surface area contributed by atoms with Crippen LogP contribution in [0, 0.1) is 6.92 Å². The van der Waals surface area contributed by atoms with Gasteiger partial charge in [-0.1, -0.05) is 76.2 Å². The van der Waals surface area contributed by atoms with Crippen LogP contribution in [0.1, 0.15) is 93.7 Å². The zero-order valence-electron chi connectivity index (χ0n) is 20.9. The number of aliphatic carboxylic acids is 1. The number of allylic oxidation sites excluding steroid dienone is 3. The lowest BCUT2D eigenvalue weighted by atomic mass is 9.62. The first-order valence-electron chi connectivity index (χ1n) is 12.3. The average Bonchev–Trinajstić information content (AvgIpc) is 3.26. The van der Waals surface area contributed by atoms with E-state index in [0.29, 0.717) is 0 Å². The van der Waals surface area contributed by atoms with Crippen LogP contribution in [0.5, 0.6) is 0 Å². The Bertz CT molecular complexity index is 1210. The molecule has 1 saturated carbocycles. The highest BCUT2D eigenvalue weighted by atomic mass is 16.4. The molecule has 3 aliphatic rings. The number of fused-ring (bicyclic) bond motifs is 2. The zero-order chi connectivity index (χ0) is 23.8. The molecule has 0 heterocycles.